The first-order chi connectivity index (χ1) is 7.81. The highest BCUT2D eigenvalue weighted by atomic mass is 32.2. The van der Waals surface area contributed by atoms with E-state index in [0.717, 1.165) is 11.3 Å². The van der Waals surface area contributed by atoms with Crippen LogP contribution in [0.15, 0.2) is 47.5 Å². The maximum absolute atomic E-state index is 9.67. The molecule has 16 heavy (non-hydrogen) atoms. The molecule has 0 saturated carbocycles. The minimum Gasteiger partial charge on any atom is -0.506 e. The molecule has 2 aromatic rings. The van der Waals surface area contributed by atoms with Gasteiger partial charge < -0.3 is 5.11 Å². The van der Waals surface area contributed by atoms with E-state index < -0.39 is 0 Å². The normalized spacial score (nSPS) is 10.3. The van der Waals surface area contributed by atoms with Gasteiger partial charge in [-0.3, -0.25) is 4.98 Å². The Hall–Kier alpha value is -1.48. The van der Waals surface area contributed by atoms with Gasteiger partial charge in [-0.05, 0) is 30.0 Å². The van der Waals surface area contributed by atoms with Crippen LogP contribution in [0, 0.1) is 0 Å². The van der Waals surface area contributed by atoms with E-state index in [1.54, 1.807) is 30.1 Å². The zero-order valence-corrected chi connectivity index (χ0v) is 9.87. The third kappa shape index (κ3) is 2.36. The van der Waals surface area contributed by atoms with Gasteiger partial charge in [-0.15, -0.1) is 11.8 Å². The smallest absolute Gasteiger partial charge is 0.141 e. The van der Waals surface area contributed by atoms with Gasteiger partial charge in [-0.25, -0.2) is 0 Å². The van der Waals surface area contributed by atoms with Gasteiger partial charge in [0, 0.05) is 16.7 Å². The van der Waals surface area contributed by atoms with E-state index in [-0.39, 0.29) is 5.75 Å². The lowest BCUT2D eigenvalue weighted by atomic mass is 10.1. The van der Waals surface area contributed by atoms with Crippen molar-refractivity contribution < 1.29 is 5.11 Å². The highest BCUT2D eigenvalue weighted by Gasteiger charge is 2.04. The second kappa shape index (κ2) is 5.03. The zero-order valence-electron chi connectivity index (χ0n) is 9.05. The summed E-state index contributed by atoms with van der Waals surface area (Å²) in [6, 6.07) is 11.5. The van der Waals surface area contributed by atoms with Crippen molar-refractivity contribution in [2.24, 2.45) is 0 Å². The molecule has 3 heteroatoms. The van der Waals surface area contributed by atoms with Crippen LogP contribution in [-0.2, 0) is 0 Å². The van der Waals surface area contributed by atoms with Gasteiger partial charge >= 0.3 is 0 Å². The van der Waals surface area contributed by atoms with Gasteiger partial charge in [0.25, 0.3) is 0 Å². The van der Waals surface area contributed by atoms with E-state index in [4.69, 9.17) is 0 Å². The van der Waals surface area contributed by atoms with Gasteiger partial charge in [-0.1, -0.05) is 19.1 Å². The number of aromatic nitrogens is 1. The van der Waals surface area contributed by atoms with Crippen LogP contribution < -0.4 is 0 Å². The molecule has 1 aromatic heterocycles. The molecule has 0 atom stereocenters. The van der Waals surface area contributed by atoms with Crippen molar-refractivity contribution in [2.45, 2.75) is 11.8 Å². The number of pyridine rings is 1. The quantitative estimate of drug-likeness (QED) is 0.820. The molecule has 0 amide bonds. The maximum Gasteiger partial charge on any atom is 0.141 e. The van der Waals surface area contributed by atoms with E-state index >= 15 is 0 Å². The number of aromatic hydroxyl groups is 1. The molecular formula is C13H13NOS. The molecule has 0 aliphatic heterocycles. The van der Waals surface area contributed by atoms with Gasteiger partial charge in [0.1, 0.15) is 11.4 Å². The molecule has 0 aliphatic carbocycles. The average molecular weight is 231 g/mol. The molecule has 82 valence electrons. The number of benzene rings is 1. The molecule has 1 N–H and O–H groups in total. The Labute approximate surface area is 99.4 Å². The van der Waals surface area contributed by atoms with Crippen molar-refractivity contribution in [1.82, 2.24) is 4.98 Å². The van der Waals surface area contributed by atoms with Crippen molar-refractivity contribution >= 4 is 11.8 Å². The van der Waals surface area contributed by atoms with E-state index in [1.165, 1.54) is 4.90 Å². The van der Waals surface area contributed by atoms with Gasteiger partial charge in [0.2, 0.25) is 0 Å². The molecule has 2 rings (SSSR count). The Bertz CT molecular complexity index is 468. The molecule has 0 saturated heterocycles. The molecule has 0 fully saturated rings. The zero-order chi connectivity index (χ0) is 11.4. The van der Waals surface area contributed by atoms with Crippen molar-refractivity contribution in [1.29, 1.82) is 0 Å². The molecule has 0 spiro atoms. The van der Waals surface area contributed by atoms with Crippen molar-refractivity contribution in [3.63, 3.8) is 0 Å². The van der Waals surface area contributed by atoms with Crippen LogP contribution in [0.2, 0.25) is 0 Å². The van der Waals surface area contributed by atoms with E-state index in [2.05, 4.69) is 24.0 Å². The molecule has 0 bridgehead atoms. The molecule has 1 aromatic carbocycles. The van der Waals surface area contributed by atoms with Gasteiger partial charge in [0.05, 0.1) is 0 Å². The Morgan fingerprint density at radius 2 is 1.94 bits per heavy atom. The van der Waals surface area contributed by atoms with Crippen molar-refractivity contribution in [3.05, 3.63) is 42.6 Å². The first-order valence-corrected chi connectivity index (χ1v) is 6.17. The van der Waals surface area contributed by atoms with E-state index in [0.29, 0.717) is 5.69 Å². The fourth-order valence-electron chi connectivity index (χ4n) is 1.49. The average Bonchev–Trinajstić information content (AvgIpc) is 2.31. The summed E-state index contributed by atoms with van der Waals surface area (Å²) in [5, 5.41) is 9.67. The summed E-state index contributed by atoms with van der Waals surface area (Å²) in [4.78, 5) is 5.41. The van der Waals surface area contributed by atoms with E-state index in [9.17, 15) is 5.11 Å². The molecule has 2 nitrogen and oxygen atoms in total. The molecule has 1 heterocycles. The SMILES string of the molecule is CCSc1ccc(-c2ncccc2O)cc1. The van der Waals surface area contributed by atoms with Crippen LogP contribution in [0.25, 0.3) is 11.3 Å². The second-order valence-corrected chi connectivity index (χ2v) is 4.67. The third-order valence-corrected chi connectivity index (χ3v) is 3.12. The van der Waals surface area contributed by atoms with Crippen LogP contribution >= 0.6 is 11.8 Å². The summed E-state index contributed by atoms with van der Waals surface area (Å²) in [7, 11) is 0. The van der Waals surface area contributed by atoms with Crippen molar-refractivity contribution in [2.75, 3.05) is 5.75 Å². The molecule has 0 unspecified atom stereocenters. The summed E-state index contributed by atoms with van der Waals surface area (Å²) in [5.41, 5.74) is 1.58. The largest absolute Gasteiger partial charge is 0.506 e. The summed E-state index contributed by atoms with van der Waals surface area (Å²) >= 11 is 1.80. The summed E-state index contributed by atoms with van der Waals surface area (Å²) in [6.07, 6.45) is 1.68. The minimum atomic E-state index is 0.221. The number of rotatable bonds is 3. The first-order valence-electron chi connectivity index (χ1n) is 5.18. The van der Waals surface area contributed by atoms with Crippen LogP contribution in [0.5, 0.6) is 5.75 Å². The fourth-order valence-corrected chi connectivity index (χ4v) is 2.16. The van der Waals surface area contributed by atoms with Gasteiger partial charge in [-0.2, -0.15) is 0 Å². The highest BCUT2D eigenvalue weighted by Crippen LogP contribution is 2.28. The molecule has 0 radical (unpaired) electrons. The number of hydrogen-bond acceptors (Lipinski definition) is 3. The number of thioether (sulfide) groups is 1. The lowest BCUT2D eigenvalue weighted by Crippen LogP contribution is -1.83. The summed E-state index contributed by atoms with van der Waals surface area (Å²) in [6.45, 7) is 2.13. The Balaban J connectivity index is 2.31. The third-order valence-electron chi connectivity index (χ3n) is 2.23. The number of hydrogen-bond donors (Lipinski definition) is 1. The summed E-state index contributed by atoms with van der Waals surface area (Å²) < 4.78 is 0. The Morgan fingerprint density at radius 1 is 1.19 bits per heavy atom. The van der Waals surface area contributed by atoms with Crippen LogP contribution in [-0.4, -0.2) is 15.8 Å². The topological polar surface area (TPSA) is 33.1 Å². The Morgan fingerprint density at radius 3 is 2.56 bits per heavy atom. The number of nitrogens with zero attached hydrogens (tertiary/aromatic N) is 1. The monoisotopic (exact) mass is 231 g/mol. The first kappa shape index (κ1) is 11.0. The van der Waals surface area contributed by atoms with E-state index in [1.807, 2.05) is 12.1 Å². The second-order valence-electron chi connectivity index (χ2n) is 3.33. The van der Waals surface area contributed by atoms with Crippen molar-refractivity contribution in [3.8, 4) is 17.0 Å². The minimum absolute atomic E-state index is 0.221. The lowest BCUT2D eigenvalue weighted by Gasteiger charge is -2.04. The Kier molecular flexibility index (Phi) is 3.47. The highest BCUT2D eigenvalue weighted by molar-refractivity contribution is 7.99. The predicted octanol–water partition coefficient (Wildman–Crippen LogP) is 3.57. The predicted molar refractivity (Wildman–Crippen MR) is 67.7 cm³/mol. The molecular weight excluding hydrogens is 218 g/mol. The standard InChI is InChI=1S/C13H13NOS/c1-2-16-11-7-5-10(6-8-11)13-12(15)4-3-9-14-13/h3-9,15H,2H2,1H3. The van der Waals surface area contributed by atoms with Crippen LogP contribution in [0.1, 0.15) is 6.92 Å². The summed E-state index contributed by atoms with van der Waals surface area (Å²) in [5.74, 6) is 1.28. The maximum atomic E-state index is 9.67. The van der Waals surface area contributed by atoms with Crippen LogP contribution in [0.4, 0.5) is 0 Å². The lowest BCUT2D eigenvalue weighted by molar-refractivity contribution is 0.475. The molecule has 0 aliphatic rings. The van der Waals surface area contributed by atoms with Crippen LogP contribution in [0.3, 0.4) is 0 Å². The fraction of sp³-hybridized carbons (Fsp3) is 0.154. The van der Waals surface area contributed by atoms with Gasteiger partial charge in [0.15, 0.2) is 0 Å².